The molecule has 214 valence electrons. The number of hydrogen-bond donors (Lipinski definition) is 4. The predicted octanol–water partition coefficient (Wildman–Crippen LogP) is 6.19. The summed E-state index contributed by atoms with van der Waals surface area (Å²) >= 11 is 0. The Morgan fingerprint density at radius 1 is 0.649 bits per heavy atom. The minimum atomic E-state index is -1.29. The lowest BCUT2D eigenvalue weighted by Crippen LogP contribution is -2.65. The highest BCUT2D eigenvalue weighted by atomic mass is 16.4. The number of hydrogen-bond acceptors (Lipinski definition) is 4. The summed E-state index contributed by atoms with van der Waals surface area (Å²) in [6.45, 7) is 17.3. The van der Waals surface area contributed by atoms with E-state index in [1.807, 2.05) is 0 Å². The largest absolute Gasteiger partial charge is 0.394 e. The van der Waals surface area contributed by atoms with Crippen LogP contribution in [-0.4, -0.2) is 45.3 Å². The first kappa shape index (κ1) is 28.4. The minimum Gasteiger partial charge on any atom is -0.394 e. The fourth-order valence-electron chi connectivity index (χ4n) is 12.9. The van der Waals surface area contributed by atoms with E-state index in [2.05, 4.69) is 48.5 Å². The number of aliphatic hydroxyl groups is 4. The summed E-state index contributed by atoms with van der Waals surface area (Å²) in [6.07, 6.45) is 11.0. The van der Waals surface area contributed by atoms with Crippen LogP contribution >= 0.6 is 0 Å². The first-order valence-corrected chi connectivity index (χ1v) is 15.8. The molecule has 5 saturated carbocycles. The van der Waals surface area contributed by atoms with Gasteiger partial charge in [0.25, 0.3) is 0 Å². The summed E-state index contributed by atoms with van der Waals surface area (Å²) in [5.74, 6) is 3.25. The van der Waals surface area contributed by atoms with Crippen LogP contribution in [0.15, 0.2) is 0 Å². The van der Waals surface area contributed by atoms with E-state index >= 15 is 0 Å². The number of aliphatic hydroxyl groups excluding tert-OH is 4. The molecule has 5 aliphatic rings. The Hall–Kier alpha value is -0.160. The topological polar surface area (TPSA) is 80.9 Å². The van der Waals surface area contributed by atoms with Gasteiger partial charge in [0.2, 0.25) is 0 Å². The SMILES string of the molecule is CC(C(O)C(O)C(O)CO)C1CCC2(C)C1CCC1(C)C2CCC2C3(C)CCCC(C)(C)C3CCC21C. The van der Waals surface area contributed by atoms with E-state index in [1.54, 1.807) is 0 Å². The van der Waals surface area contributed by atoms with Crippen LogP contribution in [0, 0.1) is 62.6 Å². The van der Waals surface area contributed by atoms with Crippen LogP contribution in [0.1, 0.15) is 119 Å². The lowest BCUT2D eigenvalue weighted by Gasteiger charge is -2.73. The minimum absolute atomic E-state index is 0.0851. The molecule has 13 atom stereocenters. The van der Waals surface area contributed by atoms with Gasteiger partial charge in [-0.1, -0.05) is 54.9 Å². The summed E-state index contributed by atoms with van der Waals surface area (Å²) < 4.78 is 0. The quantitative estimate of drug-likeness (QED) is 0.350. The molecule has 4 heteroatoms. The molecule has 0 spiro atoms. The van der Waals surface area contributed by atoms with Crippen molar-refractivity contribution >= 4 is 0 Å². The van der Waals surface area contributed by atoms with Gasteiger partial charge in [0.1, 0.15) is 12.2 Å². The van der Waals surface area contributed by atoms with E-state index in [-0.39, 0.29) is 11.3 Å². The molecule has 5 fully saturated rings. The van der Waals surface area contributed by atoms with E-state index in [1.165, 1.54) is 64.2 Å². The Bertz CT molecular complexity index is 857. The molecule has 0 bridgehead atoms. The summed E-state index contributed by atoms with van der Waals surface area (Å²) in [7, 11) is 0. The Kier molecular flexibility index (Phi) is 7.04. The van der Waals surface area contributed by atoms with Gasteiger partial charge in [0.05, 0.1) is 12.7 Å². The van der Waals surface area contributed by atoms with Gasteiger partial charge in [-0.3, -0.25) is 0 Å². The Labute approximate surface area is 227 Å². The zero-order valence-electron chi connectivity index (χ0n) is 25.0. The molecule has 0 aromatic carbocycles. The first-order chi connectivity index (χ1) is 17.2. The molecular formula is C33H58O4. The van der Waals surface area contributed by atoms with Crippen LogP contribution in [-0.2, 0) is 0 Å². The summed E-state index contributed by atoms with van der Waals surface area (Å²) in [6, 6.07) is 0. The van der Waals surface area contributed by atoms with E-state index in [0.29, 0.717) is 33.5 Å². The molecule has 0 aromatic rings. The fraction of sp³-hybridized carbons (Fsp3) is 1.00. The third kappa shape index (κ3) is 3.81. The van der Waals surface area contributed by atoms with Crippen molar-refractivity contribution < 1.29 is 20.4 Å². The molecule has 0 radical (unpaired) electrons. The standard InChI is InChI=1S/C33H58O4/c1-20(27(36)28(37)23(35)19-34)21-11-16-30(4)22(21)12-17-32(6)25(30)9-10-26-31(5)15-8-14-29(2,3)24(31)13-18-33(26,32)7/h20-28,34-37H,8-19H2,1-7H3. The van der Waals surface area contributed by atoms with E-state index in [0.717, 1.165) is 24.2 Å². The van der Waals surface area contributed by atoms with Crippen molar-refractivity contribution in [2.24, 2.45) is 62.6 Å². The van der Waals surface area contributed by atoms with E-state index in [9.17, 15) is 20.4 Å². The van der Waals surface area contributed by atoms with Crippen molar-refractivity contribution in [3.8, 4) is 0 Å². The zero-order chi connectivity index (χ0) is 27.2. The second-order valence-corrected chi connectivity index (χ2v) is 16.4. The Morgan fingerprint density at radius 3 is 1.86 bits per heavy atom. The van der Waals surface area contributed by atoms with Gasteiger partial charge in [0.15, 0.2) is 0 Å². The van der Waals surface area contributed by atoms with Crippen molar-refractivity contribution in [3.05, 3.63) is 0 Å². The molecule has 37 heavy (non-hydrogen) atoms. The molecule has 5 aliphatic carbocycles. The maximum atomic E-state index is 11.0. The van der Waals surface area contributed by atoms with Gasteiger partial charge in [-0.15, -0.1) is 0 Å². The Morgan fingerprint density at radius 2 is 1.24 bits per heavy atom. The smallest absolute Gasteiger partial charge is 0.108 e. The predicted molar refractivity (Wildman–Crippen MR) is 149 cm³/mol. The number of fused-ring (bicyclic) bond motifs is 7. The van der Waals surface area contributed by atoms with Gasteiger partial charge in [-0.05, 0) is 127 Å². The van der Waals surface area contributed by atoms with Crippen molar-refractivity contribution in [3.63, 3.8) is 0 Å². The van der Waals surface area contributed by atoms with Gasteiger partial charge in [-0.2, -0.15) is 0 Å². The fourth-order valence-corrected chi connectivity index (χ4v) is 12.9. The molecule has 0 aliphatic heterocycles. The van der Waals surface area contributed by atoms with Crippen molar-refractivity contribution in [2.45, 2.75) is 137 Å². The van der Waals surface area contributed by atoms with Crippen LogP contribution in [0.3, 0.4) is 0 Å². The van der Waals surface area contributed by atoms with Crippen molar-refractivity contribution in [2.75, 3.05) is 6.61 Å². The van der Waals surface area contributed by atoms with Gasteiger partial charge < -0.3 is 20.4 Å². The van der Waals surface area contributed by atoms with E-state index < -0.39 is 24.9 Å². The van der Waals surface area contributed by atoms with Crippen LogP contribution in [0.25, 0.3) is 0 Å². The lowest BCUT2D eigenvalue weighted by atomic mass is 9.32. The summed E-state index contributed by atoms with van der Waals surface area (Å²) in [5.41, 5.74) is 1.98. The molecule has 0 amide bonds. The molecule has 0 heterocycles. The third-order valence-corrected chi connectivity index (χ3v) is 14.9. The highest BCUT2D eigenvalue weighted by Crippen LogP contribution is 2.78. The molecule has 13 unspecified atom stereocenters. The monoisotopic (exact) mass is 518 g/mol. The van der Waals surface area contributed by atoms with Gasteiger partial charge in [0, 0.05) is 0 Å². The molecule has 5 rings (SSSR count). The van der Waals surface area contributed by atoms with Crippen molar-refractivity contribution in [1.29, 1.82) is 0 Å². The van der Waals surface area contributed by atoms with Gasteiger partial charge in [-0.25, -0.2) is 0 Å². The van der Waals surface area contributed by atoms with Crippen LogP contribution < -0.4 is 0 Å². The maximum Gasteiger partial charge on any atom is 0.108 e. The maximum absolute atomic E-state index is 11.0. The zero-order valence-corrected chi connectivity index (χ0v) is 25.0. The molecule has 0 saturated heterocycles. The highest BCUT2D eigenvalue weighted by Gasteiger charge is 2.70. The van der Waals surface area contributed by atoms with Crippen LogP contribution in [0.5, 0.6) is 0 Å². The molecule has 0 aromatic heterocycles. The van der Waals surface area contributed by atoms with Crippen LogP contribution in [0.4, 0.5) is 0 Å². The molecule has 4 N–H and O–H groups in total. The normalized spacial score (nSPS) is 52.1. The lowest BCUT2D eigenvalue weighted by molar-refractivity contribution is -0.242. The highest BCUT2D eigenvalue weighted by molar-refractivity contribution is 5.19. The second-order valence-electron chi connectivity index (χ2n) is 16.4. The summed E-state index contributed by atoms with van der Waals surface area (Å²) in [4.78, 5) is 0. The molecular weight excluding hydrogens is 460 g/mol. The van der Waals surface area contributed by atoms with Gasteiger partial charge >= 0.3 is 0 Å². The Balaban J connectivity index is 1.41. The first-order valence-electron chi connectivity index (χ1n) is 15.8. The average Bonchev–Trinajstić information content (AvgIpc) is 3.19. The average molecular weight is 519 g/mol. The third-order valence-electron chi connectivity index (χ3n) is 14.9. The summed E-state index contributed by atoms with van der Waals surface area (Å²) in [5, 5.41) is 40.7. The van der Waals surface area contributed by atoms with Crippen LogP contribution in [0.2, 0.25) is 0 Å². The number of rotatable bonds is 5. The second kappa shape index (κ2) is 9.18. The van der Waals surface area contributed by atoms with Crippen molar-refractivity contribution in [1.82, 2.24) is 0 Å². The van der Waals surface area contributed by atoms with E-state index in [4.69, 9.17) is 0 Å². The molecule has 4 nitrogen and oxygen atoms in total.